The molecule has 0 unspecified atom stereocenters. The van der Waals surface area contributed by atoms with Crippen LogP contribution >= 0.6 is 0 Å². The number of likely N-dealkylation sites (tertiary alicyclic amines) is 1. The molecule has 0 bridgehead atoms. The molecule has 6 nitrogen and oxygen atoms in total. The molecule has 0 saturated carbocycles. The van der Waals surface area contributed by atoms with Crippen LogP contribution < -0.4 is 10.0 Å². The summed E-state index contributed by atoms with van der Waals surface area (Å²) in [6.45, 7) is 4.76. The molecule has 3 heterocycles. The first-order valence-electron chi connectivity index (χ1n) is 10.1. The molecular formula is C22H25N3O3S. The summed E-state index contributed by atoms with van der Waals surface area (Å²) in [7, 11) is -3.46. The molecule has 2 N–H and O–H groups in total. The van der Waals surface area contributed by atoms with Crippen LogP contribution in [0.1, 0.15) is 24.2 Å². The van der Waals surface area contributed by atoms with Gasteiger partial charge in [0, 0.05) is 17.5 Å². The summed E-state index contributed by atoms with van der Waals surface area (Å²) in [6.07, 6.45) is 1.63. The lowest BCUT2D eigenvalue weighted by Gasteiger charge is -2.38. The Morgan fingerprint density at radius 2 is 1.79 bits per heavy atom. The van der Waals surface area contributed by atoms with E-state index in [0.717, 1.165) is 43.8 Å². The molecule has 0 aliphatic carbocycles. The van der Waals surface area contributed by atoms with Gasteiger partial charge in [-0.2, -0.15) is 4.72 Å². The van der Waals surface area contributed by atoms with Crippen LogP contribution in [0.15, 0.2) is 57.8 Å². The molecular weight excluding hydrogens is 386 g/mol. The van der Waals surface area contributed by atoms with Gasteiger partial charge >= 0.3 is 0 Å². The zero-order valence-electron chi connectivity index (χ0n) is 16.4. The number of nitrogens with zero attached hydrogens (tertiary/aromatic N) is 1. The van der Waals surface area contributed by atoms with Crippen LogP contribution in [0.5, 0.6) is 0 Å². The highest BCUT2D eigenvalue weighted by Crippen LogP contribution is 2.32. The van der Waals surface area contributed by atoms with Crippen LogP contribution in [0.4, 0.5) is 5.69 Å². The van der Waals surface area contributed by atoms with E-state index in [1.807, 2.05) is 37.3 Å². The number of furan rings is 1. The summed E-state index contributed by atoms with van der Waals surface area (Å²) in [4.78, 5) is 2.77. The van der Waals surface area contributed by atoms with Gasteiger partial charge in [-0.25, -0.2) is 8.42 Å². The molecule has 0 spiro atoms. The Morgan fingerprint density at radius 3 is 2.62 bits per heavy atom. The van der Waals surface area contributed by atoms with Gasteiger partial charge in [0.25, 0.3) is 0 Å². The fraction of sp³-hybridized carbons (Fsp3) is 0.364. The number of hydrogen-bond acceptors (Lipinski definition) is 5. The number of benzene rings is 2. The quantitative estimate of drug-likeness (QED) is 0.688. The molecule has 1 atom stereocenters. The normalized spacial score (nSPS) is 22.3. The Bertz CT molecular complexity index is 1150. The number of nitrogens with one attached hydrogen (secondary N) is 2. The Labute approximate surface area is 170 Å². The molecule has 1 fully saturated rings. The highest BCUT2D eigenvalue weighted by Gasteiger charge is 2.35. The Kier molecular flexibility index (Phi) is 4.61. The van der Waals surface area contributed by atoms with Crippen molar-refractivity contribution in [1.29, 1.82) is 0 Å². The third-order valence-electron chi connectivity index (χ3n) is 6.16. The monoisotopic (exact) mass is 411 g/mol. The van der Waals surface area contributed by atoms with E-state index in [0.29, 0.717) is 10.6 Å². The average molecular weight is 412 g/mol. The predicted molar refractivity (Wildman–Crippen MR) is 113 cm³/mol. The van der Waals surface area contributed by atoms with Crippen molar-refractivity contribution < 1.29 is 12.8 Å². The zero-order chi connectivity index (χ0) is 20.0. The second-order valence-corrected chi connectivity index (χ2v) is 9.67. The number of piperidine rings is 1. The van der Waals surface area contributed by atoms with Gasteiger partial charge in [0.1, 0.15) is 16.2 Å². The van der Waals surface area contributed by atoms with Crippen molar-refractivity contribution in [3.05, 3.63) is 59.9 Å². The van der Waals surface area contributed by atoms with Gasteiger partial charge in [0.05, 0.1) is 11.9 Å². The van der Waals surface area contributed by atoms with Crippen LogP contribution in [0, 0.1) is 12.8 Å². The van der Waals surface area contributed by atoms with Crippen LogP contribution in [-0.2, 0) is 16.6 Å². The minimum Gasteiger partial charge on any atom is -0.461 e. The molecule has 29 heavy (non-hydrogen) atoms. The van der Waals surface area contributed by atoms with Gasteiger partial charge in [-0.1, -0.05) is 30.3 Å². The topological polar surface area (TPSA) is 74.6 Å². The van der Waals surface area contributed by atoms with Crippen molar-refractivity contribution in [3.63, 3.8) is 0 Å². The molecule has 2 aromatic carbocycles. The number of para-hydroxylation sites is 2. The predicted octanol–water partition coefficient (Wildman–Crippen LogP) is 3.68. The first kappa shape index (κ1) is 18.7. The van der Waals surface area contributed by atoms with Gasteiger partial charge in [0.2, 0.25) is 10.0 Å². The lowest BCUT2D eigenvalue weighted by Crippen LogP contribution is -2.51. The minimum absolute atomic E-state index is 0.256. The molecule has 2 aliphatic rings. The van der Waals surface area contributed by atoms with Crippen LogP contribution in [-0.4, -0.2) is 32.6 Å². The van der Waals surface area contributed by atoms with Crippen molar-refractivity contribution in [2.75, 3.05) is 18.4 Å². The van der Waals surface area contributed by atoms with E-state index in [2.05, 4.69) is 21.0 Å². The third-order valence-corrected chi connectivity index (χ3v) is 7.65. The van der Waals surface area contributed by atoms with Crippen molar-refractivity contribution >= 4 is 26.7 Å². The molecule has 5 rings (SSSR count). The van der Waals surface area contributed by atoms with Crippen LogP contribution in [0.2, 0.25) is 0 Å². The third kappa shape index (κ3) is 3.43. The van der Waals surface area contributed by atoms with Gasteiger partial charge in [-0.3, -0.25) is 4.90 Å². The number of fused-ring (bicyclic) bond motifs is 2. The molecule has 0 amide bonds. The molecule has 152 valence electrons. The number of anilines is 1. The van der Waals surface area contributed by atoms with E-state index >= 15 is 0 Å². The Morgan fingerprint density at radius 1 is 1.07 bits per heavy atom. The molecule has 1 saturated heterocycles. The molecule has 7 heteroatoms. The summed E-state index contributed by atoms with van der Waals surface area (Å²) < 4.78 is 33.9. The highest BCUT2D eigenvalue weighted by atomic mass is 32.2. The number of aryl methyl sites for hydroxylation is 1. The minimum atomic E-state index is -3.46. The van der Waals surface area contributed by atoms with Crippen LogP contribution in [0.25, 0.3) is 11.0 Å². The van der Waals surface area contributed by atoms with E-state index in [-0.39, 0.29) is 12.1 Å². The number of rotatable bonds is 3. The summed E-state index contributed by atoms with van der Waals surface area (Å²) in [5.41, 5.74) is 2.89. The first-order chi connectivity index (χ1) is 14.0. The first-order valence-corrected chi connectivity index (χ1v) is 11.6. The summed E-state index contributed by atoms with van der Waals surface area (Å²) >= 11 is 0. The fourth-order valence-corrected chi connectivity index (χ4v) is 5.93. The molecule has 3 aromatic rings. The molecule has 0 radical (unpaired) electrons. The SMILES string of the molecule is Cc1oc2ccccc2c1CN1CCC([C@H]2Nc3ccccc3S(=O)(=O)N2)CC1. The van der Waals surface area contributed by atoms with Crippen molar-refractivity contribution in [2.45, 2.75) is 37.4 Å². The number of hydrogen-bond donors (Lipinski definition) is 2. The van der Waals surface area contributed by atoms with Crippen molar-refractivity contribution in [2.24, 2.45) is 5.92 Å². The largest absolute Gasteiger partial charge is 0.461 e. The average Bonchev–Trinajstić information content (AvgIpc) is 3.03. The van der Waals surface area contributed by atoms with E-state index in [9.17, 15) is 8.42 Å². The second kappa shape index (κ2) is 7.16. The van der Waals surface area contributed by atoms with E-state index in [1.165, 1.54) is 10.9 Å². The number of sulfonamides is 1. The van der Waals surface area contributed by atoms with Crippen molar-refractivity contribution in [3.8, 4) is 0 Å². The van der Waals surface area contributed by atoms with Gasteiger partial charge in [-0.05, 0) is 57.0 Å². The fourth-order valence-electron chi connectivity index (χ4n) is 4.55. The maximum absolute atomic E-state index is 12.6. The molecule has 2 aliphatic heterocycles. The summed E-state index contributed by atoms with van der Waals surface area (Å²) in [6, 6.07) is 15.3. The standard InChI is InChI=1S/C22H25N3O3S/c1-15-18(17-6-2-4-8-20(17)28-15)14-25-12-10-16(11-13-25)22-23-19-7-3-5-9-21(19)29(26,27)24-22/h2-9,16,22-24H,10-14H2,1H3/t22-/m0/s1. The summed E-state index contributed by atoms with van der Waals surface area (Å²) in [5, 5.41) is 4.58. The zero-order valence-corrected chi connectivity index (χ0v) is 17.2. The highest BCUT2D eigenvalue weighted by molar-refractivity contribution is 7.89. The van der Waals surface area contributed by atoms with Crippen molar-refractivity contribution in [1.82, 2.24) is 9.62 Å². The van der Waals surface area contributed by atoms with Gasteiger partial charge < -0.3 is 9.73 Å². The Balaban J connectivity index is 1.27. The second-order valence-electron chi connectivity index (χ2n) is 7.99. The van der Waals surface area contributed by atoms with Gasteiger partial charge in [0.15, 0.2) is 0 Å². The smallest absolute Gasteiger partial charge is 0.244 e. The van der Waals surface area contributed by atoms with E-state index in [4.69, 9.17) is 4.42 Å². The van der Waals surface area contributed by atoms with Gasteiger partial charge in [-0.15, -0.1) is 0 Å². The Hall–Kier alpha value is -2.35. The lowest BCUT2D eigenvalue weighted by atomic mass is 9.93. The summed E-state index contributed by atoms with van der Waals surface area (Å²) in [5.74, 6) is 1.24. The maximum Gasteiger partial charge on any atom is 0.244 e. The van der Waals surface area contributed by atoms with E-state index in [1.54, 1.807) is 12.1 Å². The lowest BCUT2D eigenvalue weighted by molar-refractivity contribution is 0.163. The van der Waals surface area contributed by atoms with Crippen LogP contribution in [0.3, 0.4) is 0 Å². The van der Waals surface area contributed by atoms with E-state index < -0.39 is 10.0 Å². The molecule has 1 aromatic heterocycles. The maximum atomic E-state index is 12.6.